The van der Waals surface area contributed by atoms with E-state index in [4.69, 9.17) is 0 Å². The molecule has 2 aromatic rings. The van der Waals surface area contributed by atoms with Crippen LogP contribution in [-0.2, 0) is 0 Å². The smallest absolute Gasteiger partial charge is 0.125 e. The Morgan fingerprint density at radius 3 is 1.30 bits per heavy atom. The number of benzene rings is 2. The lowest BCUT2D eigenvalue weighted by Crippen LogP contribution is -2.29. The van der Waals surface area contributed by atoms with E-state index in [1.54, 1.807) is 16.3 Å². The summed E-state index contributed by atoms with van der Waals surface area (Å²) in [4.78, 5) is 0. The standard InChI is InChI=1S/C46H64Si/c1-25(2)35-21-39(27(5)6)43(40(22-35)28(7)8)37-19-18-20-38(45(37)47-46(17)33(15)31(13)32(14)34(46)16)44-41(29(9)10)23-36(26(3)4)24-42(44)30(11)12/h18-30H,1-17H3. The van der Waals surface area contributed by atoms with Gasteiger partial charge in [-0.05, 0) is 120 Å². The van der Waals surface area contributed by atoms with Crippen LogP contribution in [0.25, 0.3) is 5.57 Å². The minimum Gasteiger partial charge on any atom is -0.125 e. The second kappa shape index (κ2) is 14.1. The summed E-state index contributed by atoms with van der Waals surface area (Å²) in [5.41, 5.74) is 19.4. The van der Waals surface area contributed by atoms with E-state index in [2.05, 4.69) is 160 Å². The molecule has 0 amide bonds. The summed E-state index contributed by atoms with van der Waals surface area (Å²) in [6.45, 7) is 40.5. The Hall–Kier alpha value is -2.64. The van der Waals surface area contributed by atoms with Crippen molar-refractivity contribution in [3.8, 4) is 0 Å². The van der Waals surface area contributed by atoms with Crippen LogP contribution >= 0.6 is 0 Å². The van der Waals surface area contributed by atoms with Gasteiger partial charge in [-0.2, -0.15) is 0 Å². The van der Waals surface area contributed by atoms with Crippen LogP contribution < -0.4 is 0 Å². The molecule has 2 aromatic carbocycles. The van der Waals surface area contributed by atoms with E-state index in [-0.39, 0.29) is 5.04 Å². The maximum atomic E-state index is 2.54. The van der Waals surface area contributed by atoms with Gasteiger partial charge in [-0.1, -0.05) is 119 Å². The van der Waals surface area contributed by atoms with Crippen molar-refractivity contribution >= 4 is 19.9 Å². The summed E-state index contributed by atoms with van der Waals surface area (Å²) in [5, 5.41) is 1.54. The Morgan fingerprint density at radius 1 is 0.553 bits per heavy atom. The molecule has 0 nitrogen and oxygen atoms in total. The van der Waals surface area contributed by atoms with Gasteiger partial charge >= 0.3 is 9.13 Å². The van der Waals surface area contributed by atoms with Crippen molar-refractivity contribution in [1.29, 1.82) is 0 Å². The number of allylic oxidation sites excluding steroid dienone is 8. The van der Waals surface area contributed by atoms with Gasteiger partial charge in [0.05, 0.1) is 0 Å². The van der Waals surface area contributed by atoms with Crippen LogP contribution in [0.2, 0.25) is 5.04 Å². The van der Waals surface area contributed by atoms with Gasteiger partial charge in [-0.15, -0.1) is 34.9 Å². The molecule has 0 saturated heterocycles. The second-order valence-electron chi connectivity index (χ2n) is 16.6. The van der Waals surface area contributed by atoms with Gasteiger partial charge in [0.15, 0.2) is 5.04 Å². The van der Waals surface area contributed by atoms with Crippen molar-refractivity contribution in [2.75, 3.05) is 0 Å². The lowest BCUT2D eigenvalue weighted by molar-refractivity contribution is 0.792. The van der Waals surface area contributed by atoms with Gasteiger partial charge in [0.25, 0.3) is 0 Å². The third kappa shape index (κ3) is 6.81. The van der Waals surface area contributed by atoms with Crippen LogP contribution in [0.3, 0.4) is 0 Å². The van der Waals surface area contributed by atoms with E-state index in [0.717, 1.165) is 0 Å². The van der Waals surface area contributed by atoms with Crippen LogP contribution in [-0.4, -0.2) is 14.3 Å². The van der Waals surface area contributed by atoms with Crippen molar-refractivity contribution in [2.45, 2.75) is 158 Å². The van der Waals surface area contributed by atoms with Gasteiger partial charge < -0.3 is 0 Å². The highest BCUT2D eigenvalue weighted by atomic mass is 28.2. The minimum absolute atomic E-state index is 0.000737. The molecule has 0 saturated carbocycles. The molecule has 2 aliphatic carbocycles. The molecule has 0 unspecified atom stereocenters. The molecule has 0 aliphatic heterocycles. The highest BCUT2D eigenvalue weighted by Crippen LogP contribution is 2.52. The molecule has 0 atom stereocenters. The average molecular weight is 645 g/mol. The number of rotatable bonds is 9. The first-order valence-electron chi connectivity index (χ1n) is 18.5. The monoisotopic (exact) mass is 644 g/mol. The normalized spacial score (nSPS) is 17.6. The van der Waals surface area contributed by atoms with Gasteiger partial charge in [0.2, 0.25) is 0 Å². The zero-order chi connectivity index (χ0) is 35.3. The van der Waals surface area contributed by atoms with Gasteiger partial charge in [-0.25, -0.2) is 0 Å². The van der Waals surface area contributed by atoms with Gasteiger partial charge in [0.1, 0.15) is 5.17 Å². The maximum Gasteiger partial charge on any atom is 0.447 e. The largest absolute Gasteiger partial charge is 0.447 e. The Kier molecular flexibility index (Phi) is 11.1. The molecule has 2 aliphatic rings. The maximum absolute atomic E-state index is 2.54. The van der Waals surface area contributed by atoms with E-state index >= 15 is 0 Å². The molecule has 47 heavy (non-hydrogen) atoms. The zero-order valence-corrected chi connectivity index (χ0v) is 34.0. The molecule has 4 rings (SSSR count). The second-order valence-corrected chi connectivity index (χ2v) is 18.3. The predicted octanol–water partition coefficient (Wildman–Crippen LogP) is 13.7. The summed E-state index contributed by atoms with van der Waals surface area (Å²) < 4.78 is 0. The van der Waals surface area contributed by atoms with Crippen LogP contribution in [0.15, 0.2) is 64.8 Å². The highest BCUT2D eigenvalue weighted by Gasteiger charge is 2.47. The van der Waals surface area contributed by atoms with Crippen molar-refractivity contribution < 1.29 is 0 Å². The van der Waals surface area contributed by atoms with Gasteiger partial charge in [0, 0.05) is 0 Å². The number of hydrogen-bond acceptors (Lipinski definition) is 0. The predicted molar refractivity (Wildman–Crippen MR) is 213 cm³/mol. The molecule has 0 fully saturated rings. The molecule has 1 heteroatoms. The first kappa shape index (κ1) is 37.2. The lowest BCUT2D eigenvalue weighted by atomic mass is 9.73. The summed E-state index contributed by atoms with van der Waals surface area (Å²) in [6.07, 6.45) is 7.31. The van der Waals surface area contributed by atoms with Crippen LogP contribution in [0.5, 0.6) is 0 Å². The highest BCUT2D eigenvalue weighted by molar-refractivity contribution is 6.72. The third-order valence-electron chi connectivity index (χ3n) is 11.4. The zero-order valence-electron chi connectivity index (χ0n) is 33.0. The molecule has 0 N–H and O–H groups in total. The molecule has 0 heterocycles. The number of hydrogen-bond donors (Lipinski definition) is 0. The molecule has 0 aromatic heterocycles. The summed E-state index contributed by atoms with van der Waals surface area (Å²) in [7, 11) is 0.622. The lowest BCUT2D eigenvalue weighted by Gasteiger charge is -2.36. The van der Waals surface area contributed by atoms with E-state index < -0.39 is 0 Å². The van der Waals surface area contributed by atoms with E-state index in [9.17, 15) is 0 Å². The Bertz CT molecular complexity index is 1590. The van der Waals surface area contributed by atoms with E-state index in [1.807, 2.05) is 0 Å². The fourth-order valence-electron chi connectivity index (χ4n) is 7.67. The average Bonchev–Trinajstić information content (AvgIpc) is 3.14. The molecule has 252 valence electrons. The Balaban J connectivity index is 2.19. The molecule has 0 bridgehead atoms. The molecule has 0 radical (unpaired) electrons. The SMILES string of the molecule is CC1=C(C)C(C)([Si+]=C2C(c3c(C(C)C)cc(C(C)C)cc3C(C)C)=CC=C[C-]2c2c(C(C)C)cc(C(C)C)cc2C(C)C)C(C)=C1C. The van der Waals surface area contributed by atoms with Crippen molar-refractivity contribution in [1.82, 2.24) is 0 Å². The minimum atomic E-state index is 0.000737. The molecular formula is C46H64Si. The van der Waals surface area contributed by atoms with Crippen molar-refractivity contribution in [3.05, 3.63) is 115 Å². The van der Waals surface area contributed by atoms with Crippen LogP contribution in [0.1, 0.15) is 198 Å². The first-order chi connectivity index (χ1) is 21.8. The fourth-order valence-corrected chi connectivity index (χ4v) is 9.60. The molecular weight excluding hydrogens is 581 g/mol. The van der Waals surface area contributed by atoms with Crippen LogP contribution in [0, 0.1) is 5.92 Å². The summed E-state index contributed by atoms with van der Waals surface area (Å²) in [5.74, 6) is 4.16. The third-order valence-corrected chi connectivity index (χ3v) is 13.5. The van der Waals surface area contributed by atoms with Crippen molar-refractivity contribution in [2.24, 2.45) is 0 Å². The van der Waals surface area contributed by atoms with Gasteiger partial charge in [-0.3, -0.25) is 0 Å². The summed E-state index contributed by atoms with van der Waals surface area (Å²) in [6, 6.07) is 10.1. The summed E-state index contributed by atoms with van der Waals surface area (Å²) >= 11 is 0. The van der Waals surface area contributed by atoms with Crippen molar-refractivity contribution in [3.63, 3.8) is 0 Å². The van der Waals surface area contributed by atoms with E-state index in [0.29, 0.717) is 44.6 Å². The van der Waals surface area contributed by atoms with Crippen LogP contribution in [0.4, 0.5) is 0 Å². The fraction of sp³-hybridized carbons (Fsp3) is 0.522. The van der Waals surface area contributed by atoms with E-state index in [1.165, 1.54) is 67.1 Å². The Morgan fingerprint density at radius 2 is 0.936 bits per heavy atom. The molecule has 0 spiro atoms. The first-order valence-corrected chi connectivity index (χ1v) is 19.5. The quantitative estimate of drug-likeness (QED) is 0.188. The topological polar surface area (TPSA) is 0 Å². The Labute approximate surface area is 292 Å².